The Labute approximate surface area is 104 Å². The van der Waals surface area contributed by atoms with E-state index in [4.69, 9.17) is 15.2 Å². The maximum Gasteiger partial charge on any atom is 0.167 e. The first-order chi connectivity index (χ1) is 7.62. The van der Waals surface area contributed by atoms with Crippen molar-refractivity contribution in [2.24, 2.45) is 5.73 Å². The summed E-state index contributed by atoms with van der Waals surface area (Å²) in [6, 6.07) is 3.86. The number of nitrogens with two attached hydrogens (primary N) is 1. The summed E-state index contributed by atoms with van der Waals surface area (Å²) >= 11 is 3.54. The number of rotatable bonds is 4. The molecule has 88 valence electrons. The molecule has 0 bridgehead atoms. The summed E-state index contributed by atoms with van der Waals surface area (Å²) in [6.45, 7) is 2.57. The first-order valence-corrected chi connectivity index (χ1v) is 6.20. The molecule has 1 aromatic rings. The molecule has 0 unspecified atom stereocenters. The highest BCUT2D eigenvalue weighted by Crippen LogP contribution is 2.52. The highest BCUT2D eigenvalue weighted by atomic mass is 79.9. The Kier molecular flexibility index (Phi) is 3.13. The topological polar surface area (TPSA) is 44.5 Å². The molecule has 3 nitrogen and oxygen atoms in total. The zero-order valence-corrected chi connectivity index (χ0v) is 11.1. The fourth-order valence-electron chi connectivity index (χ4n) is 1.84. The Morgan fingerprint density at radius 2 is 2.12 bits per heavy atom. The molecule has 0 atom stereocenters. The van der Waals surface area contributed by atoms with E-state index in [0.29, 0.717) is 6.61 Å². The molecule has 16 heavy (non-hydrogen) atoms. The molecule has 0 amide bonds. The average molecular weight is 286 g/mol. The van der Waals surface area contributed by atoms with Crippen LogP contribution in [-0.2, 0) is 5.54 Å². The number of hydrogen-bond acceptors (Lipinski definition) is 3. The van der Waals surface area contributed by atoms with E-state index in [-0.39, 0.29) is 5.54 Å². The van der Waals surface area contributed by atoms with E-state index in [1.807, 2.05) is 19.1 Å². The summed E-state index contributed by atoms with van der Waals surface area (Å²) < 4.78 is 12.0. The van der Waals surface area contributed by atoms with E-state index in [9.17, 15) is 0 Å². The molecule has 1 aliphatic rings. The van der Waals surface area contributed by atoms with E-state index in [1.165, 1.54) is 0 Å². The number of hydrogen-bond donors (Lipinski definition) is 1. The van der Waals surface area contributed by atoms with Crippen molar-refractivity contribution in [1.82, 2.24) is 0 Å². The van der Waals surface area contributed by atoms with Crippen molar-refractivity contribution in [3.63, 3.8) is 0 Å². The first-order valence-electron chi connectivity index (χ1n) is 5.41. The van der Waals surface area contributed by atoms with Crippen molar-refractivity contribution < 1.29 is 9.47 Å². The standard InChI is InChI=1S/C12H16BrNO2/c1-3-16-11-9(15-2)5-4-8(13)10(11)12(14)6-7-12/h4-5H,3,6-7,14H2,1-2H3. The smallest absolute Gasteiger partial charge is 0.167 e. The van der Waals surface area contributed by atoms with Crippen LogP contribution < -0.4 is 15.2 Å². The van der Waals surface area contributed by atoms with Crippen LogP contribution in [0.5, 0.6) is 11.5 Å². The minimum atomic E-state index is -0.238. The van der Waals surface area contributed by atoms with Crippen LogP contribution in [0.1, 0.15) is 25.3 Å². The predicted molar refractivity (Wildman–Crippen MR) is 67.0 cm³/mol. The number of ether oxygens (including phenoxy) is 2. The predicted octanol–water partition coefficient (Wildman–Crippen LogP) is 2.80. The third kappa shape index (κ3) is 1.92. The molecule has 1 saturated carbocycles. The summed E-state index contributed by atoms with van der Waals surface area (Å²) in [4.78, 5) is 0. The molecule has 1 aromatic carbocycles. The van der Waals surface area contributed by atoms with Gasteiger partial charge in [-0.2, -0.15) is 0 Å². The van der Waals surface area contributed by atoms with Crippen LogP contribution in [0, 0.1) is 0 Å². The lowest BCUT2D eigenvalue weighted by molar-refractivity contribution is 0.304. The summed E-state index contributed by atoms with van der Waals surface area (Å²) in [5.41, 5.74) is 7.06. The molecule has 0 radical (unpaired) electrons. The van der Waals surface area contributed by atoms with Crippen LogP contribution in [0.3, 0.4) is 0 Å². The van der Waals surface area contributed by atoms with E-state index in [2.05, 4.69) is 15.9 Å². The van der Waals surface area contributed by atoms with Gasteiger partial charge >= 0.3 is 0 Å². The molecule has 2 N–H and O–H groups in total. The lowest BCUT2D eigenvalue weighted by atomic mass is 10.0. The molecule has 0 aliphatic heterocycles. The molecule has 1 aliphatic carbocycles. The summed E-state index contributed by atoms with van der Waals surface area (Å²) in [5, 5.41) is 0. The normalized spacial score (nSPS) is 17.0. The van der Waals surface area contributed by atoms with Crippen molar-refractivity contribution in [2.75, 3.05) is 13.7 Å². The molecule has 0 aromatic heterocycles. The van der Waals surface area contributed by atoms with Crippen molar-refractivity contribution in [2.45, 2.75) is 25.3 Å². The maximum atomic E-state index is 6.26. The molecule has 0 heterocycles. The quantitative estimate of drug-likeness (QED) is 0.925. The largest absolute Gasteiger partial charge is 0.493 e. The summed E-state index contributed by atoms with van der Waals surface area (Å²) in [7, 11) is 1.64. The van der Waals surface area contributed by atoms with Gasteiger partial charge in [0.2, 0.25) is 0 Å². The van der Waals surface area contributed by atoms with Gasteiger partial charge in [-0.15, -0.1) is 0 Å². The first kappa shape index (κ1) is 11.7. The molecular formula is C12H16BrNO2. The average Bonchev–Trinajstić information content (AvgIpc) is 2.98. The second kappa shape index (κ2) is 4.26. The summed E-state index contributed by atoms with van der Waals surface area (Å²) in [5.74, 6) is 1.52. The summed E-state index contributed by atoms with van der Waals surface area (Å²) in [6.07, 6.45) is 2.00. The Morgan fingerprint density at radius 1 is 1.44 bits per heavy atom. The van der Waals surface area contributed by atoms with Gasteiger partial charge in [0.15, 0.2) is 11.5 Å². The lowest BCUT2D eigenvalue weighted by Gasteiger charge is -2.19. The van der Waals surface area contributed by atoms with E-state index < -0.39 is 0 Å². The van der Waals surface area contributed by atoms with Gasteiger partial charge in [-0.25, -0.2) is 0 Å². The van der Waals surface area contributed by atoms with Gasteiger partial charge in [-0.05, 0) is 31.9 Å². The van der Waals surface area contributed by atoms with Gasteiger partial charge in [0.1, 0.15) is 0 Å². The molecule has 1 fully saturated rings. The van der Waals surface area contributed by atoms with Gasteiger partial charge in [-0.1, -0.05) is 15.9 Å². The van der Waals surface area contributed by atoms with Gasteiger partial charge < -0.3 is 15.2 Å². The SMILES string of the molecule is CCOc1c(OC)ccc(Br)c1C1(N)CC1. The van der Waals surface area contributed by atoms with Crippen molar-refractivity contribution in [1.29, 1.82) is 0 Å². The molecule has 0 saturated heterocycles. The fourth-order valence-corrected chi connectivity index (χ4v) is 2.54. The minimum absolute atomic E-state index is 0.238. The Bertz CT molecular complexity index is 402. The lowest BCUT2D eigenvalue weighted by Crippen LogP contribution is -2.21. The van der Waals surface area contributed by atoms with Crippen LogP contribution in [0.2, 0.25) is 0 Å². The number of halogens is 1. The zero-order chi connectivity index (χ0) is 11.8. The Balaban J connectivity index is 2.54. The third-order valence-corrected chi connectivity index (χ3v) is 3.53. The highest BCUT2D eigenvalue weighted by molar-refractivity contribution is 9.10. The van der Waals surface area contributed by atoms with Crippen LogP contribution in [-0.4, -0.2) is 13.7 Å². The van der Waals surface area contributed by atoms with Crippen molar-refractivity contribution >= 4 is 15.9 Å². The monoisotopic (exact) mass is 285 g/mol. The Morgan fingerprint density at radius 3 is 2.62 bits per heavy atom. The van der Waals surface area contributed by atoms with E-state index in [1.54, 1.807) is 7.11 Å². The molecule has 4 heteroatoms. The zero-order valence-electron chi connectivity index (χ0n) is 9.55. The molecular weight excluding hydrogens is 270 g/mol. The van der Waals surface area contributed by atoms with E-state index in [0.717, 1.165) is 34.4 Å². The number of benzene rings is 1. The van der Waals surface area contributed by atoms with Gasteiger partial charge in [-0.3, -0.25) is 0 Å². The van der Waals surface area contributed by atoms with Crippen LogP contribution >= 0.6 is 15.9 Å². The fraction of sp³-hybridized carbons (Fsp3) is 0.500. The Hall–Kier alpha value is -0.740. The molecule has 0 spiro atoms. The van der Waals surface area contributed by atoms with E-state index >= 15 is 0 Å². The van der Waals surface area contributed by atoms with Crippen molar-refractivity contribution in [3.05, 3.63) is 22.2 Å². The van der Waals surface area contributed by atoms with Gasteiger partial charge in [0, 0.05) is 15.6 Å². The van der Waals surface area contributed by atoms with Crippen molar-refractivity contribution in [3.8, 4) is 11.5 Å². The van der Waals surface area contributed by atoms with Crippen LogP contribution in [0.15, 0.2) is 16.6 Å². The highest BCUT2D eigenvalue weighted by Gasteiger charge is 2.44. The van der Waals surface area contributed by atoms with Gasteiger partial charge in [0.05, 0.1) is 13.7 Å². The van der Waals surface area contributed by atoms with Crippen LogP contribution in [0.4, 0.5) is 0 Å². The molecule has 2 rings (SSSR count). The second-order valence-corrected chi connectivity index (χ2v) is 4.90. The second-order valence-electron chi connectivity index (χ2n) is 4.04. The third-order valence-electron chi connectivity index (χ3n) is 2.87. The van der Waals surface area contributed by atoms with Crippen LogP contribution in [0.25, 0.3) is 0 Å². The van der Waals surface area contributed by atoms with Gasteiger partial charge in [0.25, 0.3) is 0 Å². The minimum Gasteiger partial charge on any atom is -0.493 e. The maximum absolute atomic E-state index is 6.26. The number of methoxy groups -OCH3 is 1.